The van der Waals surface area contributed by atoms with Crippen LogP contribution >= 0.6 is 0 Å². The third-order valence-electron chi connectivity index (χ3n) is 5.59. The number of aromatic nitrogens is 5. The predicted molar refractivity (Wildman–Crippen MR) is 107 cm³/mol. The van der Waals surface area contributed by atoms with Crippen LogP contribution in [0.15, 0.2) is 30.5 Å². The van der Waals surface area contributed by atoms with Gasteiger partial charge in [0, 0.05) is 12.7 Å². The molecule has 1 atom stereocenters. The van der Waals surface area contributed by atoms with Crippen LogP contribution < -0.4 is 9.47 Å². The fourth-order valence-corrected chi connectivity index (χ4v) is 4.02. The molecular formula is C21H24N6O3. The maximum atomic E-state index is 12.8. The summed E-state index contributed by atoms with van der Waals surface area (Å²) < 4.78 is 13.3. The molecule has 1 aliphatic carbocycles. The number of rotatable bonds is 5. The number of nitrogens with one attached hydrogen (secondary N) is 1. The zero-order chi connectivity index (χ0) is 20.5. The van der Waals surface area contributed by atoms with Gasteiger partial charge in [-0.2, -0.15) is 5.10 Å². The lowest BCUT2D eigenvalue weighted by Crippen LogP contribution is -2.33. The Morgan fingerprint density at radius 3 is 3.00 bits per heavy atom. The van der Waals surface area contributed by atoms with E-state index >= 15 is 0 Å². The summed E-state index contributed by atoms with van der Waals surface area (Å²) in [6.45, 7) is 1.32. The first kappa shape index (κ1) is 18.7. The molecule has 5 rings (SSSR count). The van der Waals surface area contributed by atoms with Gasteiger partial charge in [-0.05, 0) is 43.4 Å². The van der Waals surface area contributed by atoms with Crippen molar-refractivity contribution in [3.63, 3.8) is 0 Å². The van der Waals surface area contributed by atoms with Gasteiger partial charge in [0.2, 0.25) is 0 Å². The van der Waals surface area contributed by atoms with E-state index in [1.807, 2.05) is 24.3 Å². The van der Waals surface area contributed by atoms with E-state index in [1.165, 1.54) is 24.1 Å². The van der Waals surface area contributed by atoms with Crippen LogP contribution in [-0.2, 0) is 25.9 Å². The van der Waals surface area contributed by atoms with Crippen LogP contribution in [0.4, 0.5) is 0 Å². The molecule has 30 heavy (non-hydrogen) atoms. The van der Waals surface area contributed by atoms with Gasteiger partial charge in [0.15, 0.2) is 23.3 Å². The number of H-pyrrole nitrogens is 1. The maximum absolute atomic E-state index is 12.8. The Hall–Kier alpha value is -3.36. The molecular weight excluding hydrogens is 384 g/mol. The van der Waals surface area contributed by atoms with E-state index in [0.717, 1.165) is 24.3 Å². The lowest BCUT2D eigenvalue weighted by atomic mass is 9.96. The van der Waals surface area contributed by atoms with Crippen molar-refractivity contribution in [2.45, 2.75) is 44.9 Å². The summed E-state index contributed by atoms with van der Waals surface area (Å²) in [7, 11) is 1.76. The number of nitrogens with zero attached hydrogens (tertiary/aromatic N) is 5. The molecule has 1 N–H and O–H groups in total. The Morgan fingerprint density at radius 2 is 2.10 bits per heavy atom. The van der Waals surface area contributed by atoms with Crippen molar-refractivity contribution in [2.24, 2.45) is 0 Å². The van der Waals surface area contributed by atoms with Crippen molar-refractivity contribution < 1.29 is 14.3 Å². The van der Waals surface area contributed by atoms with Gasteiger partial charge in [-0.3, -0.25) is 9.89 Å². The Kier molecular flexibility index (Phi) is 4.86. The number of hydrogen-bond donors (Lipinski definition) is 1. The Balaban J connectivity index is 1.22. The van der Waals surface area contributed by atoms with Gasteiger partial charge in [0.1, 0.15) is 6.61 Å². The number of hydrogen-bond acceptors (Lipinski definition) is 6. The molecule has 0 saturated carbocycles. The van der Waals surface area contributed by atoms with Gasteiger partial charge in [0.05, 0.1) is 25.0 Å². The number of carbonyl (C=O) groups is 1. The highest BCUT2D eigenvalue weighted by Crippen LogP contribution is 2.31. The van der Waals surface area contributed by atoms with Crippen molar-refractivity contribution in [2.75, 3.05) is 13.7 Å². The van der Waals surface area contributed by atoms with Gasteiger partial charge in [-0.1, -0.05) is 17.3 Å². The van der Waals surface area contributed by atoms with Crippen molar-refractivity contribution >= 4 is 5.91 Å². The third-order valence-corrected chi connectivity index (χ3v) is 5.59. The Morgan fingerprint density at radius 1 is 1.27 bits per heavy atom. The standard InChI is InChI=1S/C21H24N6O3/c1-26(11-17-15-6-2-3-7-16(15)22-23-17)21(28)18-12-27(25-24-18)10-14-13-29-19-8-4-5-9-20(19)30-14/h4-5,8-9,12,14H,2-3,6-7,10-11,13H2,1H3,(H,22,23). The summed E-state index contributed by atoms with van der Waals surface area (Å²) in [5, 5.41) is 15.7. The largest absolute Gasteiger partial charge is 0.486 e. The SMILES string of the molecule is CN(Cc1n[nH]c2c1CCCC2)C(=O)c1cn(CC2COc3ccccc3O2)nn1. The molecule has 0 spiro atoms. The molecule has 1 unspecified atom stereocenters. The first-order valence-electron chi connectivity index (χ1n) is 10.3. The van der Waals surface area contributed by atoms with Gasteiger partial charge < -0.3 is 14.4 Å². The highest BCUT2D eigenvalue weighted by atomic mass is 16.6. The van der Waals surface area contributed by atoms with E-state index in [1.54, 1.807) is 22.8 Å². The lowest BCUT2D eigenvalue weighted by molar-refractivity contribution is 0.0752. The highest BCUT2D eigenvalue weighted by molar-refractivity contribution is 5.91. The first-order chi connectivity index (χ1) is 14.7. The molecule has 0 fully saturated rings. The molecule has 3 heterocycles. The van der Waals surface area contributed by atoms with E-state index in [9.17, 15) is 4.79 Å². The lowest BCUT2D eigenvalue weighted by Gasteiger charge is -2.26. The van der Waals surface area contributed by atoms with E-state index < -0.39 is 0 Å². The number of ether oxygens (including phenoxy) is 2. The molecule has 9 nitrogen and oxygen atoms in total. The predicted octanol–water partition coefficient (Wildman–Crippen LogP) is 1.99. The van der Waals surface area contributed by atoms with Crippen LogP contribution in [-0.4, -0.2) is 55.8 Å². The fraction of sp³-hybridized carbons (Fsp3) is 0.429. The number of aromatic amines is 1. The highest BCUT2D eigenvalue weighted by Gasteiger charge is 2.24. The number of aryl methyl sites for hydroxylation is 1. The second-order valence-electron chi connectivity index (χ2n) is 7.82. The number of fused-ring (bicyclic) bond motifs is 2. The van der Waals surface area contributed by atoms with Gasteiger partial charge in [0.25, 0.3) is 5.91 Å². The molecule has 156 valence electrons. The van der Waals surface area contributed by atoms with E-state index in [2.05, 4.69) is 20.5 Å². The van der Waals surface area contributed by atoms with Crippen LogP contribution in [0.3, 0.4) is 0 Å². The molecule has 3 aromatic rings. The minimum absolute atomic E-state index is 0.181. The van der Waals surface area contributed by atoms with Crippen molar-refractivity contribution in [1.82, 2.24) is 30.1 Å². The summed E-state index contributed by atoms with van der Waals surface area (Å²) in [5.41, 5.74) is 3.72. The Labute approximate surface area is 174 Å². The van der Waals surface area contributed by atoms with Gasteiger partial charge in [-0.25, -0.2) is 4.68 Å². The average molecular weight is 408 g/mol. The summed E-state index contributed by atoms with van der Waals surface area (Å²) in [6, 6.07) is 7.57. The maximum Gasteiger partial charge on any atom is 0.276 e. The minimum Gasteiger partial charge on any atom is -0.486 e. The van der Waals surface area contributed by atoms with Crippen molar-refractivity contribution in [1.29, 1.82) is 0 Å². The second-order valence-corrected chi connectivity index (χ2v) is 7.82. The average Bonchev–Trinajstić information content (AvgIpc) is 3.40. The number of para-hydroxylation sites is 2. The molecule has 2 aromatic heterocycles. The zero-order valence-corrected chi connectivity index (χ0v) is 16.9. The smallest absolute Gasteiger partial charge is 0.276 e. The van der Waals surface area contributed by atoms with Gasteiger partial charge in [-0.15, -0.1) is 5.10 Å². The molecule has 1 aliphatic heterocycles. The first-order valence-corrected chi connectivity index (χ1v) is 10.3. The van der Waals surface area contributed by atoms with Crippen LogP contribution in [0.25, 0.3) is 0 Å². The van der Waals surface area contributed by atoms with Crippen molar-refractivity contribution in [3.8, 4) is 11.5 Å². The molecule has 0 saturated heterocycles. The number of benzene rings is 1. The zero-order valence-electron chi connectivity index (χ0n) is 16.9. The summed E-state index contributed by atoms with van der Waals surface area (Å²) in [6.07, 6.45) is 5.87. The number of carbonyl (C=O) groups excluding carboxylic acids is 1. The molecule has 1 aromatic carbocycles. The third kappa shape index (κ3) is 3.62. The van der Waals surface area contributed by atoms with Crippen LogP contribution in [0.5, 0.6) is 11.5 Å². The Bertz CT molecular complexity index is 1060. The van der Waals surface area contributed by atoms with Crippen LogP contribution in [0, 0.1) is 0 Å². The minimum atomic E-state index is -0.196. The quantitative estimate of drug-likeness (QED) is 0.693. The molecule has 9 heteroatoms. The fourth-order valence-electron chi connectivity index (χ4n) is 4.02. The molecule has 0 radical (unpaired) electrons. The monoisotopic (exact) mass is 408 g/mol. The van der Waals surface area contributed by atoms with Gasteiger partial charge >= 0.3 is 0 Å². The van der Waals surface area contributed by atoms with Crippen molar-refractivity contribution in [3.05, 3.63) is 53.1 Å². The molecule has 0 bridgehead atoms. The summed E-state index contributed by atoms with van der Waals surface area (Å²) >= 11 is 0. The van der Waals surface area contributed by atoms with Crippen LogP contribution in [0.2, 0.25) is 0 Å². The van der Waals surface area contributed by atoms with E-state index in [0.29, 0.717) is 31.1 Å². The second kappa shape index (κ2) is 7.81. The van der Waals surface area contributed by atoms with E-state index in [-0.39, 0.29) is 12.0 Å². The topological polar surface area (TPSA) is 98.2 Å². The summed E-state index contributed by atoms with van der Waals surface area (Å²) in [4.78, 5) is 14.5. The summed E-state index contributed by atoms with van der Waals surface area (Å²) in [5.74, 6) is 1.28. The van der Waals surface area contributed by atoms with E-state index in [4.69, 9.17) is 9.47 Å². The normalized spacial score (nSPS) is 17.4. The number of amides is 1. The molecule has 1 amide bonds. The molecule has 2 aliphatic rings. The van der Waals surface area contributed by atoms with Crippen LogP contribution in [0.1, 0.15) is 40.3 Å².